The molecule has 116 valence electrons. The van der Waals surface area contributed by atoms with E-state index in [1.807, 2.05) is 31.2 Å². The van der Waals surface area contributed by atoms with E-state index in [4.69, 9.17) is 11.6 Å². The van der Waals surface area contributed by atoms with Crippen molar-refractivity contribution in [2.45, 2.75) is 69.6 Å². The minimum absolute atomic E-state index is 0.583. The summed E-state index contributed by atoms with van der Waals surface area (Å²) in [6, 6.07) is 7.84. The van der Waals surface area contributed by atoms with Crippen molar-refractivity contribution in [2.24, 2.45) is 0 Å². The van der Waals surface area contributed by atoms with Crippen molar-refractivity contribution < 1.29 is 4.21 Å². The van der Waals surface area contributed by atoms with Gasteiger partial charge in [0.25, 0.3) is 0 Å². The third-order valence-corrected chi connectivity index (χ3v) is 6.14. The van der Waals surface area contributed by atoms with Gasteiger partial charge >= 0.3 is 0 Å². The molecular formula is C18H25ClOS. The fraction of sp³-hybridized carbons (Fsp3) is 0.556. The number of halogens is 1. The molecule has 1 aromatic carbocycles. The van der Waals surface area contributed by atoms with Gasteiger partial charge in [-0.1, -0.05) is 61.4 Å². The Bertz CT molecular complexity index is 492. The molecule has 1 aliphatic rings. The lowest BCUT2D eigenvalue weighted by Crippen LogP contribution is -1.98. The van der Waals surface area contributed by atoms with E-state index in [9.17, 15) is 4.21 Å². The summed E-state index contributed by atoms with van der Waals surface area (Å²) in [5, 5.41) is 0. The molecule has 0 aliphatic heterocycles. The molecule has 0 aromatic heterocycles. The third-order valence-electron chi connectivity index (χ3n) is 4.13. The van der Waals surface area contributed by atoms with E-state index in [1.54, 1.807) is 0 Å². The zero-order valence-electron chi connectivity index (χ0n) is 12.9. The van der Waals surface area contributed by atoms with E-state index in [0.29, 0.717) is 4.36 Å². The summed E-state index contributed by atoms with van der Waals surface area (Å²) in [7, 11) is -1.21. The molecule has 0 heterocycles. The molecule has 0 N–H and O–H groups in total. The second kappa shape index (κ2) is 8.75. The van der Waals surface area contributed by atoms with Gasteiger partial charge in [0.05, 0.1) is 10.8 Å². The fourth-order valence-corrected chi connectivity index (χ4v) is 4.29. The zero-order chi connectivity index (χ0) is 15.1. The number of aryl methyl sites for hydroxylation is 1. The van der Waals surface area contributed by atoms with Crippen molar-refractivity contribution in [1.29, 1.82) is 0 Å². The first-order valence-electron chi connectivity index (χ1n) is 8.04. The smallest absolute Gasteiger partial charge is 0.109 e. The summed E-state index contributed by atoms with van der Waals surface area (Å²) in [6.45, 7) is 2.04. The minimum Gasteiger partial charge on any atom is -0.248 e. The molecule has 0 saturated heterocycles. The van der Waals surface area contributed by atoms with Crippen molar-refractivity contribution in [3.05, 3.63) is 39.8 Å². The Morgan fingerprint density at radius 3 is 1.90 bits per heavy atom. The second-order valence-electron chi connectivity index (χ2n) is 5.93. The summed E-state index contributed by atoms with van der Waals surface area (Å²) in [5.74, 6) is 0. The van der Waals surface area contributed by atoms with Gasteiger partial charge in [0.2, 0.25) is 0 Å². The van der Waals surface area contributed by atoms with E-state index in [1.165, 1.54) is 56.1 Å². The lowest BCUT2D eigenvalue weighted by Gasteiger charge is -2.13. The van der Waals surface area contributed by atoms with Crippen LogP contribution in [0.4, 0.5) is 0 Å². The highest BCUT2D eigenvalue weighted by atomic mass is 35.5. The Morgan fingerprint density at radius 2 is 1.38 bits per heavy atom. The molecule has 1 aliphatic carbocycles. The number of allylic oxidation sites excluding steroid dienone is 1. The van der Waals surface area contributed by atoms with Gasteiger partial charge in [-0.15, -0.1) is 0 Å². The summed E-state index contributed by atoms with van der Waals surface area (Å²) >= 11 is 6.48. The van der Waals surface area contributed by atoms with Crippen LogP contribution in [0, 0.1) is 6.92 Å². The topological polar surface area (TPSA) is 17.1 Å². The number of hydrogen-bond donors (Lipinski definition) is 0. The molecule has 3 heteroatoms. The Balaban J connectivity index is 2.13. The molecule has 1 saturated carbocycles. The number of rotatable bonds is 2. The van der Waals surface area contributed by atoms with Crippen LogP contribution in [0.15, 0.2) is 39.1 Å². The summed E-state index contributed by atoms with van der Waals surface area (Å²) in [5.41, 5.74) is 2.40. The van der Waals surface area contributed by atoms with Crippen molar-refractivity contribution in [3.63, 3.8) is 0 Å². The van der Waals surface area contributed by atoms with Crippen LogP contribution < -0.4 is 0 Å². The van der Waals surface area contributed by atoms with Gasteiger partial charge in [-0.3, -0.25) is 0 Å². The number of hydrogen-bond acceptors (Lipinski definition) is 1. The number of benzene rings is 1. The van der Waals surface area contributed by atoms with Crippen LogP contribution in [0.1, 0.15) is 63.4 Å². The molecule has 1 aromatic rings. The zero-order valence-corrected chi connectivity index (χ0v) is 14.4. The average molecular weight is 325 g/mol. The van der Waals surface area contributed by atoms with E-state index < -0.39 is 10.8 Å². The second-order valence-corrected chi connectivity index (χ2v) is 7.95. The highest BCUT2D eigenvalue weighted by Crippen LogP contribution is 2.29. The van der Waals surface area contributed by atoms with Gasteiger partial charge in [-0.25, -0.2) is 4.21 Å². The SMILES string of the molecule is Cc1ccc(S(=O)C(Cl)=C2CCCCCCCCC2)cc1. The van der Waals surface area contributed by atoms with Crippen LogP contribution >= 0.6 is 11.6 Å². The van der Waals surface area contributed by atoms with Crippen LogP contribution in [0.5, 0.6) is 0 Å². The van der Waals surface area contributed by atoms with Crippen LogP contribution in [0.25, 0.3) is 0 Å². The van der Waals surface area contributed by atoms with Crippen LogP contribution in [-0.4, -0.2) is 4.21 Å². The van der Waals surface area contributed by atoms with Crippen LogP contribution in [-0.2, 0) is 10.8 Å². The molecule has 2 rings (SSSR count). The van der Waals surface area contributed by atoms with Crippen molar-refractivity contribution in [3.8, 4) is 0 Å². The predicted molar refractivity (Wildman–Crippen MR) is 92.0 cm³/mol. The summed E-state index contributed by atoms with van der Waals surface area (Å²) < 4.78 is 13.2. The molecule has 0 amide bonds. The maximum Gasteiger partial charge on any atom is 0.109 e. The molecule has 0 spiro atoms. The molecule has 1 unspecified atom stereocenters. The Morgan fingerprint density at radius 1 is 0.905 bits per heavy atom. The van der Waals surface area contributed by atoms with E-state index >= 15 is 0 Å². The quantitative estimate of drug-likeness (QED) is 0.644. The lowest BCUT2D eigenvalue weighted by molar-refractivity contribution is 0.551. The Kier molecular flexibility index (Phi) is 6.98. The first-order chi connectivity index (χ1) is 10.2. The molecule has 21 heavy (non-hydrogen) atoms. The monoisotopic (exact) mass is 324 g/mol. The van der Waals surface area contributed by atoms with Crippen LogP contribution in [0.3, 0.4) is 0 Å². The molecule has 1 nitrogen and oxygen atoms in total. The van der Waals surface area contributed by atoms with Gasteiger partial charge in [0.1, 0.15) is 4.36 Å². The van der Waals surface area contributed by atoms with Crippen molar-refractivity contribution in [2.75, 3.05) is 0 Å². The molecule has 0 radical (unpaired) electrons. The maximum absolute atomic E-state index is 12.6. The molecule has 0 bridgehead atoms. The highest BCUT2D eigenvalue weighted by Gasteiger charge is 2.14. The average Bonchev–Trinajstić information content (AvgIpc) is 2.52. The van der Waals surface area contributed by atoms with E-state index in [-0.39, 0.29) is 0 Å². The largest absolute Gasteiger partial charge is 0.248 e. The lowest BCUT2D eigenvalue weighted by atomic mass is 9.98. The van der Waals surface area contributed by atoms with Gasteiger partial charge in [-0.2, -0.15) is 0 Å². The van der Waals surface area contributed by atoms with Crippen LogP contribution in [0.2, 0.25) is 0 Å². The van der Waals surface area contributed by atoms with Crippen molar-refractivity contribution in [1.82, 2.24) is 0 Å². The fourth-order valence-electron chi connectivity index (χ4n) is 2.78. The molecule has 1 fully saturated rings. The third kappa shape index (κ3) is 5.27. The maximum atomic E-state index is 12.6. The predicted octanol–water partition coefficient (Wildman–Crippen LogP) is 6.08. The van der Waals surface area contributed by atoms with E-state index in [0.717, 1.165) is 17.7 Å². The highest BCUT2D eigenvalue weighted by molar-refractivity contribution is 7.90. The normalized spacial score (nSPS) is 19.0. The molecular weight excluding hydrogens is 300 g/mol. The van der Waals surface area contributed by atoms with Gasteiger partial charge in [0, 0.05) is 4.90 Å². The minimum atomic E-state index is -1.21. The summed E-state index contributed by atoms with van der Waals surface area (Å²) in [4.78, 5) is 0.815. The Labute approximate surface area is 136 Å². The standard InChI is InChI=1S/C18H25ClOS/c1-15-11-13-17(14-12-15)21(20)18(19)16-9-7-5-3-2-4-6-8-10-16/h11-14H,2-10H2,1H3. The van der Waals surface area contributed by atoms with Crippen molar-refractivity contribution >= 4 is 22.4 Å². The van der Waals surface area contributed by atoms with Gasteiger partial charge in [-0.05, 0) is 50.3 Å². The summed E-state index contributed by atoms with van der Waals surface area (Å²) in [6.07, 6.45) is 10.9. The first-order valence-corrected chi connectivity index (χ1v) is 9.57. The van der Waals surface area contributed by atoms with Gasteiger partial charge < -0.3 is 0 Å². The van der Waals surface area contributed by atoms with Gasteiger partial charge in [0.15, 0.2) is 0 Å². The first kappa shape index (κ1) is 16.8. The Hall–Kier alpha value is -0.600. The molecule has 1 atom stereocenters. The van der Waals surface area contributed by atoms with E-state index in [2.05, 4.69) is 0 Å².